The first-order valence-corrected chi connectivity index (χ1v) is 10.2. The Morgan fingerprint density at radius 3 is 2.81 bits per heavy atom. The highest BCUT2D eigenvalue weighted by molar-refractivity contribution is 8.01. The molecule has 1 fully saturated rings. The molecule has 2 N–H and O–H groups in total. The zero-order chi connectivity index (χ0) is 18.4. The number of rotatable bonds is 6. The standard InChI is InChI=1S/C17H19FN4O2S2/c18-12-6-4-5-11(9-12)15(24)20-16-21-22-17(26-16)25-10-14(23)19-13-7-2-1-3-8-13/h4-6,9,13H,1-3,7-8,10H2,(H,19,23)(H,20,21,24). The average Bonchev–Trinajstić information content (AvgIpc) is 3.08. The summed E-state index contributed by atoms with van der Waals surface area (Å²) in [6.45, 7) is 0. The summed E-state index contributed by atoms with van der Waals surface area (Å²) >= 11 is 2.47. The van der Waals surface area contributed by atoms with E-state index in [0.29, 0.717) is 9.47 Å². The zero-order valence-corrected chi connectivity index (χ0v) is 15.7. The van der Waals surface area contributed by atoms with Crippen LogP contribution in [0, 0.1) is 5.82 Å². The number of halogens is 1. The number of hydrogen-bond acceptors (Lipinski definition) is 6. The van der Waals surface area contributed by atoms with E-state index in [9.17, 15) is 14.0 Å². The van der Waals surface area contributed by atoms with Gasteiger partial charge in [0.25, 0.3) is 5.91 Å². The maximum atomic E-state index is 13.2. The van der Waals surface area contributed by atoms with Crippen molar-refractivity contribution in [3.8, 4) is 0 Å². The van der Waals surface area contributed by atoms with Gasteiger partial charge in [0, 0.05) is 11.6 Å². The number of nitrogens with one attached hydrogen (secondary N) is 2. The molecule has 1 aliphatic rings. The lowest BCUT2D eigenvalue weighted by Crippen LogP contribution is -2.37. The number of hydrogen-bond donors (Lipinski definition) is 2. The van der Waals surface area contributed by atoms with Gasteiger partial charge in [0.15, 0.2) is 4.34 Å². The van der Waals surface area contributed by atoms with Crippen molar-refractivity contribution in [2.24, 2.45) is 0 Å². The highest BCUT2D eigenvalue weighted by Crippen LogP contribution is 2.26. The minimum atomic E-state index is -0.477. The van der Waals surface area contributed by atoms with Crippen molar-refractivity contribution in [3.05, 3.63) is 35.6 Å². The smallest absolute Gasteiger partial charge is 0.257 e. The summed E-state index contributed by atoms with van der Waals surface area (Å²) in [6, 6.07) is 5.70. The van der Waals surface area contributed by atoms with Gasteiger partial charge >= 0.3 is 0 Å². The molecule has 2 aromatic rings. The van der Waals surface area contributed by atoms with Crippen molar-refractivity contribution in [3.63, 3.8) is 0 Å². The highest BCUT2D eigenvalue weighted by atomic mass is 32.2. The van der Waals surface area contributed by atoms with Crippen LogP contribution in [0.4, 0.5) is 9.52 Å². The largest absolute Gasteiger partial charge is 0.353 e. The van der Waals surface area contributed by atoms with Crippen LogP contribution in [0.3, 0.4) is 0 Å². The average molecular weight is 394 g/mol. The van der Waals surface area contributed by atoms with Crippen molar-refractivity contribution in [2.45, 2.75) is 42.5 Å². The lowest BCUT2D eigenvalue weighted by atomic mass is 9.95. The Kier molecular flexibility index (Phi) is 6.56. The summed E-state index contributed by atoms with van der Waals surface area (Å²) in [5.41, 5.74) is 0.210. The van der Waals surface area contributed by atoms with Crippen molar-refractivity contribution in [1.82, 2.24) is 15.5 Å². The number of thioether (sulfide) groups is 1. The zero-order valence-electron chi connectivity index (χ0n) is 14.0. The minimum Gasteiger partial charge on any atom is -0.353 e. The molecule has 1 aromatic carbocycles. The SMILES string of the molecule is O=C(CSc1nnc(NC(=O)c2cccc(F)c2)s1)NC1CCCCC1. The molecule has 0 radical (unpaired) electrons. The van der Waals surface area contributed by atoms with E-state index in [-0.39, 0.29) is 23.3 Å². The van der Waals surface area contributed by atoms with Crippen LogP contribution in [-0.2, 0) is 4.79 Å². The number of nitrogens with zero attached hydrogens (tertiary/aromatic N) is 2. The number of amides is 2. The molecule has 1 aliphatic carbocycles. The second kappa shape index (κ2) is 9.09. The second-order valence-corrected chi connectivity index (χ2v) is 8.23. The fourth-order valence-corrected chi connectivity index (χ4v) is 4.32. The van der Waals surface area contributed by atoms with Gasteiger partial charge in [-0.2, -0.15) is 0 Å². The molecule has 1 aromatic heterocycles. The molecule has 0 atom stereocenters. The van der Waals surface area contributed by atoms with Crippen LogP contribution in [0.25, 0.3) is 0 Å². The summed E-state index contributed by atoms with van der Waals surface area (Å²) in [7, 11) is 0. The van der Waals surface area contributed by atoms with Crippen LogP contribution in [-0.4, -0.2) is 33.8 Å². The summed E-state index contributed by atoms with van der Waals surface area (Å²) in [4.78, 5) is 24.1. The third-order valence-corrected chi connectivity index (χ3v) is 5.98. The van der Waals surface area contributed by atoms with E-state index < -0.39 is 11.7 Å². The predicted molar refractivity (Wildman–Crippen MR) is 100 cm³/mol. The van der Waals surface area contributed by atoms with Crippen LogP contribution in [0.5, 0.6) is 0 Å². The Bertz CT molecular complexity index is 778. The van der Waals surface area contributed by atoms with Crippen LogP contribution >= 0.6 is 23.1 Å². The van der Waals surface area contributed by atoms with Gasteiger partial charge in [0.2, 0.25) is 11.0 Å². The first-order valence-electron chi connectivity index (χ1n) is 8.43. The Balaban J connectivity index is 1.47. The number of aromatic nitrogens is 2. The number of anilines is 1. The molecule has 1 saturated carbocycles. The van der Waals surface area contributed by atoms with Gasteiger partial charge < -0.3 is 5.32 Å². The van der Waals surface area contributed by atoms with Crippen molar-refractivity contribution >= 4 is 40.0 Å². The quantitative estimate of drug-likeness (QED) is 0.579. The number of carbonyl (C=O) groups is 2. The van der Waals surface area contributed by atoms with Crippen molar-refractivity contribution in [2.75, 3.05) is 11.1 Å². The van der Waals surface area contributed by atoms with Gasteiger partial charge in [-0.3, -0.25) is 14.9 Å². The Labute approximate surface area is 159 Å². The molecule has 26 heavy (non-hydrogen) atoms. The first kappa shape index (κ1) is 18.8. The van der Waals surface area contributed by atoms with Gasteiger partial charge in [-0.05, 0) is 31.0 Å². The van der Waals surface area contributed by atoms with E-state index in [1.807, 2.05) is 0 Å². The normalized spacial score (nSPS) is 14.8. The van der Waals surface area contributed by atoms with E-state index in [4.69, 9.17) is 0 Å². The molecule has 6 nitrogen and oxygen atoms in total. The lowest BCUT2D eigenvalue weighted by Gasteiger charge is -2.22. The van der Waals surface area contributed by atoms with Gasteiger partial charge in [-0.15, -0.1) is 10.2 Å². The van der Waals surface area contributed by atoms with E-state index in [1.54, 1.807) is 0 Å². The van der Waals surface area contributed by atoms with Crippen molar-refractivity contribution < 1.29 is 14.0 Å². The summed E-state index contributed by atoms with van der Waals surface area (Å²) in [5, 5.41) is 13.8. The van der Waals surface area contributed by atoms with Crippen molar-refractivity contribution in [1.29, 1.82) is 0 Å². The number of carbonyl (C=O) groups excluding carboxylic acids is 2. The molecule has 0 saturated heterocycles. The Morgan fingerprint density at radius 1 is 1.23 bits per heavy atom. The van der Waals surface area contributed by atoms with E-state index in [2.05, 4.69) is 20.8 Å². The second-order valence-electron chi connectivity index (χ2n) is 6.03. The topological polar surface area (TPSA) is 84.0 Å². The fourth-order valence-electron chi connectivity index (χ4n) is 2.76. The number of benzene rings is 1. The fraction of sp³-hybridized carbons (Fsp3) is 0.412. The highest BCUT2D eigenvalue weighted by Gasteiger charge is 2.17. The minimum absolute atomic E-state index is 0.0116. The maximum absolute atomic E-state index is 13.2. The van der Waals surface area contributed by atoms with Gasteiger partial charge in [-0.25, -0.2) is 4.39 Å². The molecule has 3 rings (SSSR count). The molecule has 0 spiro atoms. The predicted octanol–water partition coefficient (Wildman–Crippen LogP) is 3.47. The third-order valence-electron chi connectivity index (χ3n) is 4.01. The molecular weight excluding hydrogens is 375 g/mol. The molecule has 0 unspecified atom stereocenters. The van der Waals surface area contributed by atoms with Gasteiger partial charge in [0.1, 0.15) is 5.82 Å². The van der Waals surface area contributed by atoms with E-state index >= 15 is 0 Å². The summed E-state index contributed by atoms with van der Waals surface area (Å²) in [6.07, 6.45) is 5.68. The monoisotopic (exact) mass is 394 g/mol. The summed E-state index contributed by atoms with van der Waals surface area (Å²) < 4.78 is 13.8. The summed E-state index contributed by atoms with van der Waals surface area (Å²) in [5.74, 6) is -0.673. The maximum Gasteiger partial charge on any atom is 0.257 e. The van der Waals surface area contributed by atoms with Crippen LogP contribution in [0.15, 0.2) is 28.6 Å². The van der Waals surface area contributed by atoms with Crippen LogP contribution in [0.2, 0.25) is 0 Å². The molecule has 1 heterocycles. The molecule has 2 amide bonds. The Hall–Kier alpha value is -2.00. The Morgan fingerprint density at radius 2 is 2.04 bits per heavy atom. The molecule has 9 heteroatoms. The molecule has 0 bridgehead atoms. The van der Waals surface area contributed by atoms with Gasteiger partial charge in [0.05, 0.1) is 5.75 Å². The van der Waals surface area contributed by atoms with Crippen LogP contribution in [0.1, 0.15) is 42.5 Å². The first-order chi connectivity index (χ1) is 12.6. The molecule has 138 valence electrons. The van der Waals surface area contributed by atoms with Gasteiger partial charge in [-0.1, -0.05) is 48.4 Å². The van der Waals surface area contributed by atoms with E-state index in [0.717, 1.165) is 18.9 Å². The molecular formula is C17H19FN4O2S2. The lowest BCUT2D eigenvalue weighted by molar-refractivity contribution is -0.119. The van der Waals surface area contributed by atoms with E-state index in [1.165, 1.54) is 60.6 Å². The van der Waals surface area contributed by atoms with Crippen LogP contribution < -0.4 is 10.6 Å². The molecule has 0 aliphatic heterocycles. The third kappa shape index (κ3) is 5.50.